The normalized spacial score (nSPS) is 14.7. The molecule has 0 unspecified atom stereocenters. The predicted molar refractivity (Wildman–Crippen MR) is 157 cm³/mol. The van der Waals surface area contributed by atoms with E-state index in [1.807, 2.05) is 6.07 Å². The number of hydrogen-bond donors (Lipinski definition) is 4. The fourth-order valence-electron chi connectivity index (χ4n) is 4.24. The minimum Gasteiger partial charge on any atom is -0.497 e. The Morgan fingerprint density at radius 1 is 0.900 bits per heavy atom. The number of fused-ring (bicyclic) bond motifs is 1. The molecule has 0 saturated carbocycles. The monoisotopic (exact) mass is 584 g/mol. The van der Waals surface area contributed by atoms with Crippen molar-refractivity contribution in [2.75, 3.05) is 36.1 Å². The third-order valence-corrected chi connectivity index (χ3v) is 7.54. The van der Waals surface area contributed by atoms with Gasteiger partial charge in [0, 0.05) is 29.6 Å². The van der Waals surface area contributed by atoms with Crippen LogP contribution in [0.2, 0.25) is 0 Å². The van der Waals surface area contributed by atoms with Gasteiger partial charge < -0.3 is 25.4 Å². The van der Waals surface area contributed by atoms with Gasteiger partial charge in [-0.2, -0.15) is 0 Å². The highest BCUT2D eigenvalue weighted by Gasteiger charge is 2.23. The van der Waals surface area contributed by atoms with Crippen LogP contribution in [0.1, 0.15) is 12.8 Å². The lowest BCUT2D eigenvalue weighted by atomic mass is 10.2. The van der Waals surface area contributed by atoms with E-state index in [4.69, 9.17) is 9.47 Å². The Morgan fingerprint density at radius 3 is 2.20 bits per heavy atom. The molecule has 0 bridgehead atoms. The van der Waals surface area contributed by atoms with Gasteiger partial charge in [0.15, 0.2) is 11.6 Å². The molecule has 2 heterocycles. The topological polar surface area (TPSA) is 144 Å². The van der Waals surface area contributed by atoms with Crippen molar-refractivity contribution in [1.82, 2.24) is 15.3 Å². The van der Waals surface area contributed by atoms with E-state index in [1.54, 1.807) is 48.5 Å². The molecule has 1 aliphatic heterocycles. The third-order valence-electron chi connectivity index (χ3n) is 6.20. The van der Waals surface area contributed by atoms with Crippen molar-refractivity contribution in [2.24, 2.45) is 0 Å². The van der Waals surface area contributed by atoms with Crippen molar-refractivity contribution < 1.29 is 22.7 Å². The number of amides is 1. The van der Waals surface area contributed by atoms with Crippen LogP contribution in [0.3, 0.4) is 0 Å². The van der Waals surface area contributed by atoms with Gasteiger partial charge in [0.25, 0.3) is 10.0 Å². The highest BCUT2D eigenvalue weighted by Crippen LogP contribution is 2.31. The second-order valence-electron chi connectivity index (χ2n) is 8.91. The first-order chi connectivity index (χ1) is 18.8. The molecule has 11 nitrogen and oxygen atoms in total. The number of ether oxygens (including phenoxy) is 2. The smallest absolute Gasteiger partial charge is 0.263 e. The molecule has 210 valence electrons. The molecule has 13 heteroatoms. The zero-order chi connectivity index (χ0) is 27.4. The predicted octanol–water partition coefficient (Wildman–Crippen LogP) is 4.30. The molecule has 1 saturated heterocycles. The first kappa shape index (κ1) is 28.9. The number of halogens is 1. The minimum atomic E-state index is -4.11. The Hall–Kier alpha value is -4.13. The van der Waals surface area contributed by atoms with Crippen LogP contribution in [-0.2, 0) is 14.8 Å². The third kappa shape index (κ3) is 6.53. The maximum Gasteiger partial charge on any atom is 0.263 e. The van der Waals surface area contributed by atoms with Crippen molar-refractivity contribution >= 4 is 62.4 Å². The quantitative estimate of drug-likeness (QED) is 0.226. The summed E-state index contributed by atoms with van der Waals surface area (Å²) in [7, 11) is -1.04. The molecule has 0 radical (unpaired) electrons. The number of rotatable bonds is 9. The van der Waals surface area contributed by atoms with Crippen LogP contribution < -0.4 is 30.1 Å². The average Bonchev–Trinajstić information content (AvgIpc) is 3.48. The number of carbonyl (C=O) groups is 1. The van der Waals surface area contributed by atoms with Crippen molar-refractivity contribution in [2.45, 2.75) is 23.8 Å². The maximum atomic E-state index is 13.5. The first-order valence-corrected chi connectivity index (χ1v) is 13.8. The molecule has 1 amide bonds. The van der Waals surface area contributed by atoms with Crippen molar-refractivity contribution in [1.29, 1.82) is 0 Å². The van der Waals surface area contributed by atoms with Gasteiger partial charge in [-0.05, 0) is 49.7 Å². The lowest BCUT2D eigenvalue weighted by Gasteiger charge is -2.16. The fraction of sp³-hybridized carbons (Fsp3) is 0.222. The van der Waals surface area contributed by atoms with E-state index in [-0.39, 0.29) is 40.9 Å². The number of methoxy groups -OCH3 is 2. The van der Waals surface area contributed by atoms with Crippen LogP contribution in [0, 0.1) is 0 Å². The molecule has 40 heavy (non-hydrogen) atoms. The minimum absolute atomic E-state index is 0. The molecular formula is C27H29ClN6O5S. The van der Waals surface area contributed by atoms with E-state index >= 15 is 0 Å². The van der Waals surface area contributed by atoms with Crippen LogP contribution >= 0.6 is 12.4 Å². The average molecular weight is 585 g/mol. The van der Waals surface area contributed by atoms with E-state index in [0.717, 1.165) is 19.4 Å². The number of benzene rings is 3. The Balaban J connectivity index is 0.00000370. The lowest BCUT2D eigenvalue weighted by molar-refractivity contribution is -0.117. The molecule has 1 atom stereocenters. The van der Waals surface area contributed by atoms with E-state index in [9.17, 15) is 13.2 Å². The van der Waals surface area contributed by atoms with Crippen molar-refractivity contribution in [3.8, 4) is 11.5 Å². The Bertz CT molecular complexity index is 1610. The molecule has 5 rings (SSSR count). The summed E-state index contributed by atoms with van der Waals surface area (Å²) in [5.41, 5.74) is 2.02. The summed E-state index contributed by atoms with van der Waals surface area (Å²) in [5, 5.41) is 9.05. The number of nitrogens with one attached hydrogen (secondary N) is 4. The van der Waals surface area contributed by atoms with E-state index in [0.29, 0.717) is 33.9 Å². The van der Waals surface area contributed by atoms with Gasteiger partial charge in [0.1, 0.15) is 11.5 Å². The van der Waals surface area contributed by atoms with E-state index in [1.165, 1.54) is 26.4 Å². The van der Waals surface area contributed by atoms with Crippen LogP contribution in [0.25, 0.3) is 11.0 Å². The maximum absolute atomic E-state index is 13.5. The molecule has 1 aliphatic rings. The summed E-state index contributed by atoms with van der Waals surface area (Å²) in [4.78, 5) is 21.6. The van der Waals surface area contributed by atoms with Gasteiger partial charge in [-0.15, -0.1) is 12.4 Å². The van der Waals surface area contributed by atoms with Gasteiger partial charge >= 0.3 is 0 Å². The van der Waals surface area contributed by atoms with Crippen LogP contribution in [0.15, 0.2) is 71.6 Å². The molecule has 3 aromatic carbocycles. The number of para-hydroxylation sites is 2. The van der Waals surface area contributed by atoms with Crippen molar-refractivity contribution in [3.05, 3.63) is 66.7 Å². The molecule has 4 N–H and O–H groups in total. The van der Waals surface area contributed by atoms with Gasteiger partial charge in [0.05, 0.1) is 36.2 Å². The SMILES string of the molecule is COc1cc(Nc2nc3ccccc3nc2NS(=O)(=O)c2cccc(NC(=O)[C@@H]3CCCN3)c2)cc(OC)c1.Cl. The molecule has 4 aromatic rings. The van der Waals surface area contributed by atoms with Gasteiger partial charge in [-0.25, -0.2) is 18.4 Å². The number of sulfonamides is 1. The van der Waals surface area contributed by atoms with Crippen LogP contribution in [-0.4, -0.2) is 51.1 Å². The highest BCUT2D eigenvalue weighted by atomic mass is 35.5. The number of aromatic nitrogens is 2. The second kappa shape index (κ2) is 12.4. The lowest BCUT2D eigenvalue weighted by Crippen LogP contribution is -2.35. The molecule has 1 fully saturated rings. The summed E-state index contributed by atoms with van der Waals surface area (Å²) in [6.45, 7) is 0.780. The van der Waals surface area contributed by atoms with E-state index in [2.05, 4.69) is 30.6 Å². The zero-order valence-corrected chi connectivity index (χ0v) is 23.4. The summed E-state index contributed by atoms with van der Waals surface area (Å²) < 4.78 is 40.2. The second-order valence-corrected chi connectivity index (χ2v) is 10.6. The van der Waals surface area contributed by atoms with Gasteiger partial charge in [0.2, 0.25) is 5.91 Å². The summed E-state index contributed by atoms with van der Waals surface area (Å²) >= 11 is 0. The largest absolute Gasteiger partial charge is 0.497 e. The molecule has 0 aliphatic carbocycles. The summed E-state index contributed by atoms with van der Waals surface area (Å²) in [6, 6.07) is 18.1. The van der Waals surface area contributed by atoms with Gasteiger partial charge in [-0.3, -0.25) is 9.52 Å². The summed E-state index contributed by atoms with van der Waals surface area (Å²) in [6.07, 6.45) is 1.66. The van der Waals surface area contributed by atoms with E-state index < -0.39 is 10.0 Å². The van der Waals surface area contributed by atoms with Crippen LogP contribution in [0.4, 0.5) is 23.0 Å². The Kier molecular flexibility index (Phi) is 8.93. The van der Waals surface area contributed by atoms with Gasteiger partial charge in [-0.1, -0.05) is 18.2 Å². The molecule has 0 spiro atoms. The Labute approximate surface area is 238 Å². The Morgan fingerprint density at radius 2 is 1.57 bits per heavy atom. The number of carbonyl (C=O) groups excluding carboxylic acids is 1. The number of hydrogen-bond acceptors (Lipinski definition) is 9. The number of nitrogens with zero attached hydrogens (tertiary/aromatic N) is 2. The molecular weight excluding hydrogens is 556 g/mol. The van der Waals surface area contributed by atoms with Crippen molar-refractivity contribution in [3.63, 3.8) is 0 Å². The zero-order valence-electron chi connectivity index (χ0n) is 21.8. The summed E-state index contributed by atoms with van der Waals surface area (Å²) in [5.74, 6) is 1.07. The first-order valence-electron chi connectivity index (χ1n) is 12.3. The number of anilines is 4. The fourth-order valence-corrected chi connectivity index (χ4v) is 5.29. The van der Waals surface area contributed by atoms with Crippen LogP contribution in [0.5, 0.6) is 11.5 Å². The molecule has 1 aromatic heterocycles. The highest BCUT2D eigenvalue weighted by molar-refractivity contribution is 7.92. The standard InChI is InChI=1S/C27H28N6O5S.ClH/c1-37-19-13-18(14-20(16-19)38-2)29-25-26(32-23-10-4-3-9-22(23)31-25)33-39(35,36)21-8-5-7-17(15-21)30-27(34)24-11-6-12-28-24;/h3-5,7-10,13-16,24,28H,6,11-12H2,1-2H3,(H,29,31)(H,30,34)(H,32,33);1H/t24-;/m0./s1.